The van der Waals surface area contributed by atoms with Gasteiger partial charge in [0.1, 0.15) is 0 Å². The van der Waals surface area contributed by atoms with Crippen molar-refractivity contribution in [2.75, 3.05) is 19.6 Å². The summed E-state index contributed by atoms with van der Waals surface area (Å²) in [5.41, 5.74) is 3.57. The fraction of sp³-hybridized carbons (Fsp3) is 0.684. The predicted octanol–water partition coefficient (Wildman–Crippen LogP) is 3.94. The van der Waals surface area contributed by atoms with Gasteiger partial charge in [-0.1, -0.05) is 52.0 Å². The number of hydrogen-bond donors (Lipinski definition) is 1. The number of benzene rings is 1. The molecule has 1 aliphatic carbocycles. The highest BCUT2D eigenvalue weighted by atomic mass is 15.2. The fourth-order valence-electron chi connectivity index (χ4n) is 4.34. The normalized spacial score (nSPS) is 32.1. The summed E-state index contributed by atoms with van der Waals surface area (Å²) in [6.45, 7) is 13.0. The van der Waals surface area contributed by atoms with Crippen LogP contribution in [0.3, 0.4) is 0 Å². The number of likely N-dealkylation sites (tertiary alicyclic amines) is 1. The minimum Gasteiger partial charge on any atom is -0.309 e. The Labute approximate surface area is 129 Å². The van der Waals surface area contributed by atoms with Crippen LogP contribution in [0.1, 0.15) is 63.6 Å². The number of hydrogen-bond acceptors (Lipinski definition) is 2. The molecule has 3 unspecified atom stereocenters. The zero-order valence-corrected chi connectivity index (χ0v) is 14.0. The molecule has 0 bridgehead atoms. The first-order chi connectivity index (χ1) is 10.0. The minimum atomic E-state index is 0.483. The van der Waals surface area contributed by atoms with Crippen LogP contribution in [0.15, 0.2) is 24.3 Å². The molecule has 116 valence electrons. The Morgan fingerprint density at radius 1 is 1.24 bits per heavy atom. The summed E-state index contributed by atoms with van der Waals surface area (Å²) in [4.78, 5) is 2.75. The van der Waals surface area contributed by atoms with Crippen molar-refractivity contribution in [1.82, 2.24) is 10.2 Å². The molecule has 3 atom stereocenters. The lowest BCUT2D eigenvalue weighted by molar-refractivity contribution is 0.150. The predicted molar refractivity (Wildman–Crippen MR) is 89.7 cm³/mol. The molecule has 3 rings (SSSR count). The molecule has 2 aliphatic rings. The van der Waals surface area contributed by atoms with Crippen LogP contribution in [0.4, 0.5) is 0 Å². The van der Waals surface area contributed by atoms with E-state index < -0.39 is 0 Å². The van der Waals surface area contributed by atoms with E-state index in [2.05, 4.69) is 62.2 Å². The first kappa shape index (κ1) is 15.1. The zero-order chi connectivity index (χ0) is 15.0. The van der Waals surface area contributed by atoms with Crippen LogP contribution >= 0.6 is 0 Å². The quantitative estimate of drug-likeness (QED) is 0.905. The van der Waals surface area contributed by atoms with Crippen molar-refractivity contribution in [3.05, 3.63) is 35.4 Å². The molecule has 0 saturated carbocycles. The number of rotatable bonds is 3. The first-order valence-corrected chi connectivity index (χ1v) is 8.58. The molecule has 21 heavy (non-hydrogen) atoms. The average Bonchev–Trinajstić information content (AvgIpc) is 2.82. The van der Waals surface area contributed by atoms with Crippen molar-refractivity contribution < 1.29 is 0 Å². The van der Waals surface area contributed by atoms with Crippen LogP contribution in [0.25, 0.3) is 0 Å². The van der Waals surface area contributed by atoms with Gasteiger partial charge in [0.25, 0.3) is 0 Å². The van der Waals surface area contributed by atoms with Crippen molar-refractivity contribution in [2.45, 2.75) is 58.5 Å². The topological polar surface area (TPSA) is 15.3 Å². The van der Waals surface area contributed by atoms with Gasteiger partial charge < -0.3 is 5.32 Å². The summed E-state index contributed by atoms with van der Waals surface area (Å²) in [5, 5.41) is 3.77. The SMILES string of the molecule is CCNC1c2ccccc2C(C)CC1N1CCC(C)(C)C1. The second kappa shape index (κ2) is 5.73. The molecule has 0 amide bonds. The fourth-order valence-corrected chi connectivity index (χ4v) is 4.34. The third kappa shape index (κ3) is 2.89. The number of nitrogens with zero attached hydrogens (tertiary/aromatic N) is 1. The molecule has 1 aromatic carbocycles. The van der Waals surface area contributed by atoms with E-state index in [9.17, 15) is 0 Å². The summed E-state index contributed by atoms with van der Waals surface area (Å²) in [5.74, 6) is 0.671. The van der Waals surface area contributed by atoms with E-state index in [0.717, 1.165) is 6.54 Å². The van der Waals surface area contributed by atoms with E-state index in [1.165, 1.54) is 31.5 Å². The molecule has 1 heterocycles. The monoisotopic (exact) mass is 286 g/mol. The van der Waals surface area contributed by atoms with Crippen LogP contribution in [-0.2, 0) is 0 Å². The number of fused-ring (bicyclic) bond motifs is 1. The van der Waals surface area contributed by atoms with E-state index >= 15 is 0 Å². The van der Waals surface area contributed by atoms with E-state index in [0.29, 0.717) is 23.4 Å². The van der Waals surface area contributed by atoms with Gasteiger partial charge in [-0.2, -0.15) is 0 Å². The van der Waals surface area contributed by atoms with Gasteiger partial charge in [-0.3, -0.25) is 4.90 Å². The summed E-state index contributed by atoms with van der Waals surface area (Å²) >= 11 is 0. The molecule has 1 N–H and O–H groups in total. The van der Waals surface area contributed by atoms with E-state index in [1.807, 2.05) is 0 Å². The zero-order valence-electron chi connectivity index (χ0n) is 14.0. The molecule has 1 aromatic rings. The highest BCUT2D eigenvalue weighted by Crippen LogP contribution is 2.42. The van der Waals surface area contributed by atoms with Crippen molar-refractivity contribution in [1.29, 1.82) is 0 Å². The standard InChI is InChI=1S/C19H30N2/c1-5-20-18-16-9-7-6-8-15(16)14(2)12-17(18)21-11-10-19(3,4)13-21/h6-9,14,17-18,20H,5,10-13H2,1-4H3. The summed E-state index contributed by atoms with van der Waals surface area (Å²) in [6, 6.07) is 10.2. The van der Waals surface area contributed by atoms with Gasteiger partial charge in [0.05, 0.1) is 0 Å². The van der Waals surface area contributed by atoms with Gasteiger partial charge in [0.15, 0.2) is 0 Å². The Hall–Kier alpha value is -0.860. The molecule has 2 nitrogen and oxygen atoms in total. The van der Waals surface area contributed by atoms with Gasteiger partial charge in [-0.05, 0) is 48.4 Å². The average molecular weight is 286 g/mol. The lowest BCUT2D eigenvalue weighted by Gasteiger charge is -2.42. The van der Waals surface area contributed by atoms with Crippen LogP contribution in [0, 0.1) is 5.41 Å². The second-order valence-electron chi connectivity index (χ2n) is 7.75. The minimum absolute atomic E-state index is 0.483. The molecule has 1 aliphatic heterocycles. The van der Waals surface area contributed by atoms with E-state index in [4.69, 9.17) is 0 Å². The van der Waals surface area contributed by atoms with Crippen LogP contribution in [-0.4, -0.2) is 30.6 Å². The molecular weight excluding hydrogens is 256 g/mol. The Morgan fingerprint density at radius 3 is 2.57 bits per heavy atom. The molecule has 2 heteroatoms. The van der Waals surface area contributed by atoms with Crippen molar-refractivity contribution in [3.63, 3.8) is 0 Å². The van der Waals surface area contributed by atoms with E-state index in [-0.39, 0.29) is 0 Å². The van der Waals surface area contributed by atoms with Gasteiger partial charge in [-0.15, -0.1) is 0 Å². The third-order valence-corrected chi connectivity index (χ3v) is 5.44. The summed E-state index contributed by atoms with van der Waals surface area (Å²) in [6.07, 6.45) is 2.61. The van der Waals surface area contributed by atoms with E-state index in [1.54, 1.807) is 5.56 Å². The number of likely N-dealkylation sites (N-methyl/N-ethyl adjacent to an activating group) is 1. The number of nitrogens with one attached hydrogen (secondary N) is 1. The lowest BCUT2D eigenvalue weighted by Crippen LogP contribution is -2.47. The molecule has 1 saturated heterocycles. The van der Waals surface area contributed by atoms with Gasteiger partial charge >= 0.3 is 0 Å². The lowest BCUT2D eigenvalue weighted by atomic mass is 9.77. The summed E-state index contributed by atoms with van der Waals surface area (Å²) in [7, 11) is 0. The van der Waals surface area contributed by atoms with Crippen LogP contribution in [0.5, 0.6) is 0 Å². The Bertz CT molecular complexity index is 494. The van der Waals surface area contributed by atoms with Gasteiger partial charge in [-0.25, -0.2) is 0 Å². The Balaban J connectivity index is 1.90. The van der Waals surface area contributed by atoms with Crippen molar-refractivity contribution >= 4 is 0 Å². The molecular formula is C19H30N2. The first-order valence-electron chi connectivity index (χ1n) is 8.58. The summed E-state index contributed by atoms with van der Waals surface area (Å²) < 4.78 is 0. The molecule has 0 spiro atoms. The van der Waals surface area contributed by atoms with Crippen molar-refractivity contribution in [2.24, 2.45) is 5.41 Å². The van der Waals surface area contributed by atoms with Gasteiger partial charge in [0, 0.05) is 18.6 Å². The van der Waals surface area contributed by atoms with Crippen LogP contribution < -0.4 is 5.32 Å². The Morgan fingerprint density at radius 2 is 1.95 bits per heavy atom. The largest absolute Gasteiger partial charge is 0.309 e. The maximum Gasteiger partial charge on any atom is 0.0481 e. The molecule has 1 fully saturated rings. The smallest absolute Gasteiger partial charge is 0.0481 e. The Kier molecular flexibility index (Phi) is 4.11. The van der Waals surface area contributed by atoms with Crippen molar-refractivity contribution in [3.8, 4) is 0 Å². The molecule has 0 aromatic heterocycles. The highest BCUT2D eigenvalue weighted by molar-refractivity contribution is 5.37. The maximum absolute atomic E-state index is 3.77. The van der Waals surface area contributed by atoms with Crippen LogP contribution in [0.2, 0.25) is 0 Å². The maximum atomic E-state index is 3.77. The third-order valence-electron chi connectivity index (χ3n) is 5.44. The second-order valence-corrected chi connectivity index (χ2v) is 7.75. The highest BCUT2D eigenvalue weighted by Gasteiger charge is 2.40. The molecule has 0 radical (unpaired) electrons. The van der Waals surface area contributed by atoms with Gasteiger partial charge in [0.2, 0.25) is 0 Å².